The predicted molar refractivity (Wildman–Crippen MR) is 62.8 cm³/mol. The molecule has 6 heteroatoms. The number of hydrogen-bond acceptors (Lipinski definition) is 3. The molecular formula is C11H7BrF2N2O. The molecule has 0 bridgehead atoms. The van der Waals surface area contributed by atoms with Crippen molar-refractivity contribution in [1.82, 2.24) is 4.98 Å². The summed E-state index contributed by atoms with van der Waals surface area (Å²) in [7, 11) is 0. The summed E-state index contributed by atoms with van der Waals surface area (Å²) in [5.41, 5.74) is 5.90. The van der Waals surface area contributed by atoms with E-state index in [1.807, 2.05) is 0 Å². The van der Waals surface area contributed by atoms with Crippen molar-refractivity contribution >= 4 is 21.6 Å². The van der Waals surface area contributed by atoms with Gasteiger partial charge in [-0.25, -0.2) is 9.37 Å². The Hall–Kier alpha value is -1.69. The monoisotopic (exact) mass is 300 g/mol. The zero-order valence-corrected chi connectivity index (χ0v) is 10.0. The van der Waals surface area contributed by atoms with Crippen LogP contribution in [0.4, 0.5) is 14.5 Å². The summed E-state index contributed by atoms with van der Waals surface area (Å²) in [6.45, 7) is 0. The molecule has 2 aromatic rings. The first-order valence-electron chi connectivity index (χ1n) is 4.60. The van der Waals surface area contributed by atoms with Gasteiger partial charge in [0.2, 0.25) is 11.7 Å². The Labute approximate surface area is 104 Å². The normalized spacial score (nSPS) is 10.3. The molecule has 0 fully saturated rings. The van der Waals surface area contributed by atoms with E-state index in [1.54, 1.807) is 6.07 Å². The molecule has 0 aliphatic heterocycles. The molecule has 0 saturated heterocycles. The lowest BCUT2D eigenvalue weighted by atomic mass is 10.3. The van der Waals surface area contributed by atoms with E-state index in [4.69, 9.17) is 10.5 Å². The molecule has 17 heavy (non-hydrogen) atoms. The van der Waals surface area contributed by atoms with Crippen molar-refractivity contribution in [1.29, 1.82) is 0 Å². The van der Waals surface area contributed by atoms with Crippen LogP contribution in [0, 0.1) is 11.6 Å². The second kappa shape index (κ2) is 4.67. The number of hydrogen-bond donors (Lipinski definition) is 1. The molecule has 2 rings (SSSR count). The molecule has 0 aliphatic carbocycles. The number of nitrogens with zero attached hydrogens (tertiary/aromatic N) is 1. The van der Waals surface area contributed by atoms with Gasteiger partial charge in [-0.15, -0.1) is 0 Å². The SMILES string of the molecule is Nc1ccc(Oc2cc(Br)cc(F)c2F)nc1. The maximum Gasteiger partial charge on any atom is 0.219 e. The van der Waals surface area contributed by atoms with E-state index in [9.17, 15) is 8.78 Å². The molecule has 3 nitrogen and oxygen atoms in total. The van der Waals surface area contributed by atoms with Crippen molar-refractivity contribution in [2.24, 2.45) is 0 Å². The Kier molecular flexibility index (Phi) is 3.23. The average molecular weight is 301 g/mol. The minimum absolute atomic E-state index is 0.135. The largest absolute Gasteiger partial charge is 0.436 e. The first-order chi connectivity index (χ1) is 8.06. The van der Waals surface area contributed by atoms with Crippen molar-refractivity contribution in [2.75, 3.05) is 5.73 Å². The quantitative estimate of drug-likeness (QED) is 0.864. The van der Waals surface area contributed by atoms with Gasteiger partial charge in [0.25, 0.3) is 0 Å². The number of aromatic nitrogens is 1. The minimum Gasteiger partial charge on any atom is -0.436 e. The van der Waals surface area contributed by atoms with Crippen LogP contribution in [0.5, 0.6) is 11.6 Å². The third-order valence-corrected chi connectivity index (χ3v) is 2.39. The highest BCUT2D eigenvalue weighted by Crippen LogP contribution is 2.28. The number of halogens is 3. The Morgan fingerprint density at radius 2 is 2.00 bits per heavy atom. The molecular weight excluding hydrogens is 294 g/mol. The molecule has 0 saturated carbocycles. The second-order valence-corrected chi connectivity index (χ2v) is 4.15. The van der Waals surface area contributed by atoms with Gasteiger partial charge < -0.3 is 10.5 Å². The van der Waals surface area contributed by atoms with Crippen molar-refractivity contribution in [3.63, 3.8) is 0 Å². The maximum atomic E-state index is 13.4. The lowest BCUT2D eigenvalue weighted by Gasteiger charge is -2.07. The summed E-state index contributed by atoms with van der Waals surface area (Å²) < 4.78 is 31.9. The molecule has 0 unspecified atom stereocenters. The molecule has 1 heterocycles. The third-order valence-electron chi connectivity index (χ3n) is 1.93. The van der Waals surface area contributed by atoms with Gasteiger partial charge in [0.15, 0.2) is 11.6 Å². The molecule has 1 aromatic heterocycles. The molecule has 0 radical (unpaired) electrons. The Morgan fingerprint density at radius 3 is 2.65 bits per heavy atom. The highest BCUT2D eigenvalue weighted by atomic mass is 79.9. The average Bonchev–Trinajstić information content (AvgIpc) is 2.28. The summed E-state index contributed by atoms with van der Waals surface area (Å²) >= 11 is 3.05. The van der Waals surface area contributed by atoms with E-state index in [-0.39, 0.29) is 11.6 Å². The number of pyridine rings is 1. The van der Waals surface area contributed by atoms with E-state index >= 15 is 0 Å². The van der Waals surface area contributed by atoms with Gasteiger partial charge in [0.05, 0.1) is 11.9 Å². The van der Waals surface area contributed by atoms with E-state index in [0.29, 0.717) is 10.2 Å². The number of rotatable bonds is 2. The van der Waals surface area contributed by atoms with E-state index in [0.717, 1.165) is 6.07 Å². The standard InChI is InChI=1S/C11H7BrF2N2O/c12-6-3-8(13)11(14)9(4-6)17-10-2-1-7(15)5-16-10/h1-5H,15H2. The zero-order chi connectivity index (χ0) is 12.4. The van der Waals surface area contributed by atoms with Crippen molar-refractivity contribution in [3.05, 3.63) is 46.6 Å². The van der Waals surface area contributed by atoms with Crippen LogP contribution in [0.1, 0.15) is 0 Å². The molecule has 0 aliphatic rings. The van der Waals surface area contributed by atoms with Gasteiger partial charge in [0.1, 0.15) is 0 Å². The van der Waals surface area contributed by atoms with Gasteiger partial charge in [0, 0.05) is 10.5 Å². The van der Waals surface area contributed by atoms with Crippen LogP contribution in [0.15, 0.2) is 34.9 Å². The van der Waals surface area contributed by atoms with E-state index < -0.39 is 11.6 Å². The Bertz CT molecular complexity index is 546. The lowest BCUT2D eigenvalue weighted by molar-refractivity contribution is 0.405. The summed E-state index contributed by atoms with van der Waals surface area (Å²) in [6, 6.07) is 5.34. The Balaban J connectivity index is 2.32. The molecule has 0 amide bonds. The van der Waals surface area contributed by atoms with Gasteiger partial charge in [-0.05, 0) is 18.2 Å². The highest BCUT2D eigenvalue weighted by molar-refractivity contribution is 9.10. The fourth-order valence-corrected chi connectivity index (χ4v) is 1.58. The van der Waals surface area contributed by atoms with Gasteiger partial charge in [-0.1, -0.05) is 15.9 Å². The zero-order valence-electron chi connectivity index (χ0n) is 8.45. The topological polar surface area (TPSA) is 48.1 Å². The number of anilines is 1. The van der Waals surface area contributed by atoms with E-state index in [1.165, 1.54) is 18.3 Å². The molecule has 88 valence electrons. The van der Waals surface area contributed by atoms with Crippen LogP contribution in [0.2, 0.25) is 0 Å². The van der Waals surface area contributed by atoms with Gasteiger partial charge in [-0.2, -0.15) is 4.39 Å². The maximum absolute atomic E-state index is 13.4. The van der Waals surface area contributed by atoms with Gasteiger partial charge >= 0.3 is 0 Å². The third kappa shape index (κ3) is 2.71. The van der Waals surface area contributed by atoms with E-state index in [2.05, 4.69) is 20.9 Å². The summed E-state index contributed by atoms with van der Waals surface area (Å²) in [4.78, 5) is 3.82. The molecule has 1 aromatic carbocycles. The van der Waals surface area contributed by atoms with Crippen molar-refractivity contribution < 1.29 is 13.5 Å². The lowest BCUT2D eigenvalue weighted by Crippen LogP contribution is -1.94. The second-order valence-electron chi connectivity index (χ2n) is 3.23. The van der Waals surface area contributed by atoms with Crippen molar-refractivity contribution in [3.8, 4) is 11.6 Å². The van der Waals surface area contributed by atoms with Gasteiger partial charge in [-0.3, -0.25) is 0 Å². The summed E-state index contributed by atoms with van der Waals surface area (Å²) in [6.07, 6.45) is 1.36. The van der Waals surface area contributed by atoms with Crippen molar-refractivity contribution in [2.45, 2.75) is 0 Å². The molecule has 0 spiro atoms. The number of nitrogens with two attached hydrogens (primary N) is 1. The molecule has 0 atom stereocenters. The van der Waals surface area contributed by atoms with Crippen LogP contribution in [0.3, 0.4) is 0 Å². The molecule has 2 N–H and O–H groups in total. The van der Waals surface area contributed by atoms with Crippen LogP contribution in [-0.4, -0.2) is 4.98 Å². The fourth-order valence-electron chi connectivity index (χ4n) is 1.17. The summed E-state index contributed by atoms with van der Waals surface area (Å²) in [5, 5.41) is 0. The number of ether oxygens (including phenoxy) is 1. The van der Waals surface area contributed by atoms with Crippen LogP contribution >= 0.6 is 15.9 Å². The highest BCUT2D eigenvalue weighted by Gasteiger charge is 2.12. The van der Waals surface area contributed by atoms with Crippen LogP contribution < -0.4 is 10.5 Å². The predicted octanol–water partition coefficient (Wildman–Crippen LogP) is 3.50. The summed E-state index contributed by atoms with van der Waals surface area (Å²) in [5.74, 6) is -2.17. The number of nitrogen functional groups attached to an aromatic ring is 1. The minimum atomic E-state index is -1.06. The Morgan fingerprint density at radius 1 is 1.24 bits per heavy atom. The first kappa shape index (κ1) is 11.8. The van der Waals surface area contributed by atoms with Crippen LogP contribution in [-0.2, 0) is 0 Å². The fraction of sp³-hybridized carbons (Fsp3) is 0. The smallest absolute Gasteiger partial charge is 0.219 e. The van der Waals surface area contributed by atoms with Crippen LogP contribution in [0.25, 0.3) is 0 Å². The number of benzene rings is 1. The first-order valence-corrected chi connectivity index (χ1v) is 5.39.